The van der Waals surface area contributed by atoms with Gasteiger partial charge in [-0.15, -0.1) is 11.8 Å². The average Bonchev–Trinajstić information content (AvgIpc) is 2.67. The molecule has 0 aliphatic carbocycles. The maximum absolute atomic E-state index is 12.4. The third-order valence-corrected chi connectivity index (χ3v) is 5.27. The molecule has 26 heavy (non-hydrogen) atoms. The van der Waals surface area contributed by atoms with Gasteiger partial charge in [0.2, 0.25) is 5.91 Å². The number of halogens is 1. The van der Waals surface area contributed by atoms with Gasteiger partial charge in [0.05, 0.1) is 17.1 Å². The second-order valence-corrected chi connectivity index (χ2v) is 7.25. The first-order chi connectivity index (χ1) is 12.6. The van der Waals surface area contributed by atoms with Crippen molar-refractivity contribution >= 4 is 40.9 Å². The molecule has 1 saturated heterocycles. The first kappa shape index (κ1) is 18.6. The van der Waals surface area contributed by atoms with Crippen LogP contribution in [0.15, 0.2) is 47.4 Å². The Hall–Kier alpha value is -2.18. The van der Waals surface area contributed by atoms with Crippen LogP contribution in [0.1, 0.15) is 15.9 Å². The molecular weight excluding hydrogens is 370 g/mol. The summed E-state index contributed by atoms with van der Waals surface area (Å²) in [5, 5.41) is 6.16. The minimum absolute atomic E-state index is 0.0388. The van der Waals surface area contributed by atoms with Crippen LogP contribution in [0.3, 0.4) is 0 Å². The van der Waals surface area contributed by atoms with Crippen molar-refractivity contribution in [2.75, 3.05) is 30.8 Å². The van der Waals surface area contributed by atoms with Crippen LogP contribution >= 0.6 is 23.4 Å². The van der Waals surface area contributed by atoms with E-state index in [9.17, 15) is 9.59 Å². The van der Waals surface area contributed by atoms with Gasteiger partial charge in [-0.2, -0.15) is 0 Å². The largest absolute Gasteiger partial charge is 0.360 e. The van der Waals surface area contributed by atoms with E-state index in [2.05, 4.69) is 10.6 Å². The van der Waals surface area contributed by atoms with Gasteiger partial charge in [-0.3, -0.25) is 9.59 Å². The second-order valence-electron chi connectivity index (χ2n) is 5.97. The molecule has 2 aromatic carbocycles. The van der Waals surface area contributed by atoms with E-state index in [1.54, 1.807) is 23.9 Å². The highest BCUT2D eigenvalue weighted by molar-refractivity contribution is 7.98. The molecule has 0 unspecified atom stereocenters. The van der Waals surface area contributed by atoms with E-state index in [-0.39, 0.29) is 11.8 Å². The van der Waals surface area contributed by atoms with Gasteiger partial charge in [-0.25, -0.2) is 0 Å². The summed E-state index contributed by atoms with van der Waals surface area (Å²) in [7, 11) is 0. The number of hydrogen-bond acceptors (Lipinski definition) is 4. The number of benzene rings is 2. The summed E-state index contributed by atoms with van der Waals surface area (Å²) in [5.74, 6) is -0.153. The number of thioether (sulfide) groups is 1. The number of carbonyl (C=O) groups is 2. The van der Waals surface area contributed by atoms with E-state index in [0.717, 1.165) is 22.7 Å². The van der Waals surface area contributed by atoms with Crippen LogP contribution in [0.5, 0.6) is 0 Å². The Morgan fingerprint density at radius 1 is 1.27 bits per heavy atom. The fourth-order valence-corrected chi connectivity index (χ4v) is 3.41. The van der Waals surface area contributed by atoms with Crippen LogP contribution in [-0.4, -0.2) is 37.7 Å². The lowest BCUT2D eigenvalue weighted by Crippen LogP contribution is -2.47. The second kappa shape index (κ2) is 8.47. The molecular formula is C19H20ClN3O2S. The minimum Gasteiger partial charge on any atom is -0.360 e. The topological polar surface area (TPSA) is 61.4 Å². The quantitative estimate of drug-likeness (QED) is 0.772. The van der Waals surface area contributed by atoms with Gasteiger partial charge >= 0.3 is 0 Å². The maximum Gasteiger partial charge on any atom is 0.253 e. The molecule has 1 fully saturated rings. The van der Waals surface area contributed by atoms with E-state index in [0.29, 0.717) is 30.2 Å². The zero-order chi connectivity index (χ0) is 18.5. The molecule has 3 rings (SSSR count). The predicted molar refractivity (Wildman–Crippen MR) is 106 cm³/mol. The van der Waals surface area contributed by atoms with Crippen LogP contribution in [0.4, 0.5) is 5.69 Å². The highest BCUT2D eigenvalue weighted by Crippen LogP contribution is 2.23. The summed E-state index contributed by atoms with van der Waals surface area (Å²) in [6.07, 6.45) is 1.96. The molecule has 0 atom stereocenters. The van der Waals surface area contributed by atoms with Gasteiger partial charge in [-0.1, -0.05) is 23.7 Å². The Labute approximate surface area is 162 Å². The van der Waals surface area contributed by atoms with Crippen molar-refractivity contribution in [3.8, 4) is 0 Å². The maximum atomic E-state index is 12.4. The molecule has 0 saturated carbocycles. The van der Waals surface area contributed by atoms with E-state index in [1.165, 1.54) is 0 Å². The van der Waals surface area contributed by atoms with Gasteiger partial charge in [-0.05, 0) is 42.2 Å². The molecule has 136 valence electrons. The Bertz CT molecular complexity index is 811. The first-order valence-corrected chi connectivity index (χ1v) is 9.89. The minimum atomic E-state index is -0.192. The fourth-order valence-electron chi connectivity index (χ4n) is 2.77. The summed E-state index contributed by atoms with van der Waals surface area (Å²) in [6.45, 7) is 2.25. The number of piperazine rings is 1. The monoisotopic (exact) mass is 389 g/mol. The molecule has 7 heteroatoms. The standard InChI is InChI=1S/C19H20ClN3O2S/c1-26-15-6-7-17(20)16(10-15)19(25)22-11-13-2-4-14(5-3-13)23-9-8-21-18(24)12-23/h2-7,10H,8-9,11-12H2,1H3,(H,21,24)(H,22,25). The molecule has 1 aliphatic rings. The molecule has 2 N–H and O–H groups in total. The fraction of sp³-hybridized carbons (Fsp3) is 0.263. The number of anilines is 1. The number of carbonyl (C=O) groups excluding carboxylic acids is 2. The Balaban J connectivity index is 1.61. The third kappa shape index (κ3) is 4.51. The normalized spacial score (nSPS) is 14.1. The zero-order valence-electron chi connectivity index (χ0n) is 14.4. The molecule has 2 aromatic rings. The lowest BCUT2D eigenvalue weighted by Gasteiger charge is -2.28. The smallest absolute Gasteiger partial charge is 0.253 e. The predicted octanol–water partition coefficient (Wildman–Crippen LogP) is 2.93. The van der Waals surface area contributed by atoms with Crippen molar-refractivity contribution in [2.45, 2.75) is 11.4 Å². The Kier molecular flexibility index (Phi) is 6.06. The van der Waals surface area contributed by atoms with Crippen molar-refractivity contribution in [1.29, 1.82) is 0 Å². The summed E-state index contributed by atoms with van der Waals surface area (Å²) in [5.41, 5.74) is 2.47. The van der Waals surface area contributed by atoms with E-state index >= 15 is 0 Å². The molecule has 0 aromatic heterocycles. The van der Waals surface area contributed by atoms with Gasteiger partial charge in [0.1, 0.15) is 0 Å². The van der Waals surface area contributed by atoms with E-state index in [4.69, 9.17) is 11.6 Å². The average molecular weight is 390 g/mol. The van der Waals surface area contributed by atoms with Crippen LogP contribution in [0.25, 0.3) is 0 Å². The van der Waals surface area contributed by atoms with Crippen molar-refractivity contribution < 1.29 is 9.59 Å². The number of hydrogen-bond donors (Lipinski definition) is 2. The molecule has 1 aliphatic heterocycles. The SMILES string of the molecule is CSc1ccc(Cl)c(C(=O)NCc2ccc(N3CCNC(=O)C3)cc2)c1. The van der Waals surface area contributed by atoms with Crippen LogP contribution in [-0.2, 0) is 11.3 Å². The van der Waals surface area contributed by atoms with E-state index in [1.807, 2.05) is 41.5 Å². The van der Waals surface area contributed by atoms with Crippen molar-refractivity contribution in [3.05, 3.63) is 58.6 Å². The number of nitrogens with one attached hydrogen (secondary N) is 2. The van der Waals surface area contributed by atoms with E-state index < -0.39 is 0 Å². The first-order valence-electron chi connectivity index (χ1n) is 8.29. The highest BCUT2D eigenvalue weighted by Gasteiger charge is 2.16. The summed E-state index contributed by atoms with van der Waals surface area (Å²) < 4.78 is 0. The number of rotatable bonds is 5. The molecule has 2 amide bonds. The summed E-state index contributed by atoms with van der Waals surface area (Å²) in [6, 6.07) is 13.3. The molecule has 5 nitrogen and oxygen atoms in total. The van der Waals surface area contributed by atoms with Crippen molar-refractivity contribution in [3.63, 3.8) is 0 Å². The van der Waals surface area contributed by atoms with Gasteiger partial charge in [0.15, 0.2) is 0 Å². The molecule has 0 bridgehead atoms. The van der Waals surface area contributed by atoms with Gasteiger partial charge < -0.3 is 15.5 Å². The van der Waals surface area contributed by atoms with Gasteiger partial charge in [0, 0.05) is 30.2 Å². The van der Waals surface area contributed by atoms with Crippen molar-refractivity contribution in [1.82, 2.24) is 10.6 Å². The molecule has 0 spiro atoms. The number of amides is 2. The Morgan fingerprint density at radius 2 is 2.04 bits per heavy atom. The number of nitrogens with zero attached hydrogens (tertiary/aromatic N) is 1. The van der Waals surface area contributed by atoms with Crippen molar-refractivity contribution in [2.24, 2.45) is 0 Å². The summed E-state index contributed by atoms with van der Waals surface area (Å²) >= 11 is 7.71. The summed E-state index contributed by atoms with van der Waals surface area (Å²) in [4.78, 5) is 26.9. The van der Waals surface area contributed by atoms with Crippen LogP contribution in [0.2, 0.25) is 5.02 Å². The molecule has 1 heterocycles. The van der Waals surface area contributed by atoms with Crippen LogP contribution in [0, 0.1) is 0 Å². The lowest BCUT2D eigenvalue weighted by atomic mass is 10.1. The Morgan fingerprint density at radius 3 is 2.73 bits per heavy atom. The molecule has 0 radical (unpaired) electrons. The third-order valence-electron chi connectivity index (χ3n) is 4.21. The van der Waals surface area contributed by atoms with Gasteiger partial charge in [0.25, 0.3) is 5.91 Å². The zero-order valence-corrected chi connectivity index (χ0v) is 16.0. The lowest BCUT2D eigenvalue weighted by molar-refractivity contribution is -0.120. The van der Waals surface area contributed by atoms with Crippen LogP contribution < -0.4 is 15.5 Å². The highest BCUT2D eigenvalue weighted by atomic mass is 35.5.